The Morgan fingerprint density at radius 3 is 3.05 bits per heavy atom. The molecule has 21 heavy (non-hydrogen) atoms. The van der Waals surface area contributed by atoms with Gasteiger partial charge in [0.25, 0.3) is 0 Å². The van der Waals surface area contributed by atoms with Crippen LogP contribution in [0.4, 0.5) is 11.4 Å². The predicted molar refractivity (Wildman–Crippen MR) is 86.5 cm³/mol. The number of amides is 2. The largest absolute Gasteiger partial charge is 0.330 e. The maximum Gasteiger partial charge on any atom is 0.234 e. The van der Waals surface area contributed by atoms with Gasteiger partial charge in [0.15, 0.2) is 0 Å². The number of carbonyl (C=O) groups is 2. The summed E-state index contributed by atoms with van der Waals surface area (Å²) in [5.74, 6) is 0.887. The first-order valence-corrected chi connectivity index (χ1v) is 8.13. The zero-order valence-corrected chi connectivity index (χ0v) is 13.0. The second kappa shape index (κ2) is 7.47. The first-order chi connectivity index (χ1) is 10.1. The number of hydrogen-bond donors (Lipinski definition) is 3. The van der Waals surface area contributed by atoms with Crippen molar-refractivity contribution in [1.29, 1.82) is 0 Å². The van der Waals surface area contributed by atoms with E-state index in [9.17, 15) is 9.59 Å². The maximum absolute atomic E-state index is 11.9. The van der Waals surface area contributed by atoms with Crippen LogP contribution < -0.4 is 16.4 Å². The molecule has 0 radical (unpaired) electrons. The van der Waals surface area contributed by atoms with Crippen LogP contribution in [0.3, 0.4) is 0 Å². The number of benzene rings is 1. The van der Waals surface area contributed by atoms with E-state index in [1.165, 1.54) is 11.8 Å². The summed E-state index contributed by atoms with van der Waals surface area (Å²) in [6.45, 7) is 2.76. The summed E-state index contributed by atoms with van der Waals surface area (Å²) in [5.41, 5.74) is 6.98. The van der Waals surface area contributed by atoms with Crippen LogP contribution in [-0.4, -0.2) is 24.1 Å². The molecule has 2 rings (SSSR count). The average Bonchev–Trinajstić information content (AvgIpc) is 2.45. The minimum Gasteiger partial charge on any atom is -0.330 e. The van der Waals surface area contributed by atoms with E-state index < -0.39 is 0 Å². The fourth-order valence-electron chi connectivity index (χ4n) is 2.19. The molecule has 1 atom stereocenters. The van der Waals surface area contributed by atoms with Crippen molar-refractivity contribution in [2.45, 2.75) is 31.1 Å². The highest BCUT2D eigenvalue weighted by molar-refractivity contribution is 8.00. The molecule has 0 fully saturated rings. The molecule has 0 spiro atoms. The Bertz CT molecular complexity index is 534. The van der Waals surface area contributed by atoms with Gasteiger partial charge >= 0.3 is 0 Å². The number of thioether (sulfide) groups is 1. The van der Waals surface area contributed by atoms with Crippen molar-refractivity contribution in [1.82, 2.24) is 0 Å². The molecule has 0 aliphatic carbocycles. The number of anilines is 2. The van der Waals surface area contributed by atoms with E-state index in [4.69, 9.17) is 5.73 Å². The average molecular weight is 307 g/mol. The van der Waals surface area contributed by atoms with Gasteiger partial charge < -0.3 is 16.4 Å². The fraction of sp³-hybridized carbons (Fsp3) is 0.467. The number of hydrogen-bond acceptors (Lipinski definition) is 4. The van der Waals surface area contributed by atoms with Gasteiger partial charge in [-0.15, -0.1) is 11.8 Å². The molecule has 4 N–H and O–H groups in total. The Kier molecular flexibility index (Phi) is 5.64. The molecular formula is C15H21N3O2S. The summed E-state index contributed by atoms with van der Waals surface area (Å²) in [6.07, 6.45) is 2.26. The normalized spacial score (nSPS) is 15.0. The molecule has 1 unspecified atom stereocenters. The quantitative estimate of drug-likeness (QED) is 0.753. The van der Waals surface area contributed by atoms with Gasteiger partial charge in [-0.1, -0.05) is 6.92 Å². The van der Waals surface area contributed by atoms with Crippen molar-refractivity contribution >= 4 is 35.0 Å². The third-order valence-corrected chi connectivity index (χ3v) is 4.49. The highest BCUT2D eigenvalue weighted by Crippen LogP contribution is 2.33. The maximum atomic E-state index is 11.9. The third kappa shape index (κ3) is 4.75. The fourth-order valence-corrected chi connectivity index (χ4v) is 2.98. The van der Waals surface area contributed by atoms with E-state index in [-0.39, 0.29) is 11.8 Å². The summed E-state index contributed by atoms with van der Waals surface area (Å²) in [5, 5.41) is 5.69. The smallest absolute Gasteiger partial charge is 0.234 e. The minimum absolute atomic E-state index is 0.00592. The van der Waals surface area contributed by atoms with Crippen molar-refractivity contribution < 1.29 is 9.59 Å². The molecular weight excluding hydrogens is 286 g/mol. The van der Waals surface area contributed by atoms with Crippen LogP contribution in [-0.2, 0) is 9.59 Å². The molecule has 5 nitrogen and oxygen atoms in total. The lowest BCUT2D eigenvalue weighted by Crippen LogP contribution is -2.19. The first-order valence-electron chi connectivity index (χ1n) is 7.15. The van der Waals surface area contributed by atoms with Crippen LogP contribution in [0.1, 0.15) is 26.2 Å². The van der Waals surface area contributed by atoms with Gasteiger partial charge in [-0.2, -0.15) is 0 Å². The molecule has 1 heterocycles. The van der Waals surface area contributed by atoms with Crippen LogP contribution in [0.2, 0.25) is 0 Å². The zero-order chi connectivity index (χ0) is 15.2. The Morgan fingerprint density at radius 1 is 1.48 bits per heavy atom. The third-order valence-electron chi connectivity index (χ3n) is 3.42. The van der Waals surface area contributed by atoms with E-state index in [1.807, 2.05) is 12.1 Å². The summed E-state index contributed by atoms with van der Waals surface area (Å²) in [7, 11) is 0. The number of fused-ring (bicyclic) bond motifs is 1. The van der Waals surface area contributed by atoms with Crippen LogP contribution in [0, 0.1) is 5.92 Å². The predicted octanol–water partition coefficient (Wildman–Crippen LogP) is 2.43. The van der Waals surface area contributed by atoms with Crippen LogP contribution in [0.25, 0.3) is 0 Å². The molecule has 1 aliphatic heterocycles. The van der Waals surface area contributed by atoms with Crippen molar-refractivity contribution in [3.05, 3.63) is 18.2 Å². The lowest BCUT2D eigenvalue weighted by Gasteiger charge is -2.17. The number of nitrogens with one attached hydrogen (secondary N) is 2. The Labute approximate surface area is 129 Å². The van der Waals surface area contributed by atoms with Gasteiger partial charge in [0.1, 0.15) is 0 Å². The standard InChI is InChI=1S/C15H21N3O2S/c1-10(6-7-16)2-5-14(19)17-11-3-4-13-12(8-11)18-15(20)9-21-13/h3-4,8,10H,2,5-7,9,16H2,1H3,(H,17,19)(H,18,20). The van der Waals surface area contributed by atoms with Gasteiger partial charge in [-0.05, 0) is 43.5 Å². The van der Waals surface area contributed by atoms with E-state index in [1.54, 1.807) is 6.07 Å². The topological polar surface area (TPSA) is 84.2 Å². The van der Waals surface area contributed by atoms with Gasteiger partial charge in [0, 0.05) is 17.0 Å². The summed E-state index contributed by atoms with van der Waals surface area (Å²) < 4.78 is 0. The van der Waals surface area contributed by atoms with Crippen LogP contribution in [0.5, 0.6) is 0 Å². The SMILES string of the molecule is CC(CCN)CCC(=O)Nc1ccc2c(c1)NC(=O)CS2. The van der Waals surface area contributed by atoms with Crippen LogP contribution >= 0.6 is 11.8 Å². The molecule has 0 saturated carbocycles. The van der Waals surface area contributed by atoms with Gasteiger partial charge in [0.05, 0.1) is 11.4 Å². The molecule has 2 amide bonds. The number of carbonyl (C=O) groups excluding carboxylic acids is 2. The molecule has 1 aromatic rings. The van der Waals surface area contributed by atoms with Gasteiger partial charge in [0.2, 0.25) is 11.8 Å². The number of rotatable bonds is 6. The molecule has 114 valence electrons. The van der Waals surface area contributed by atoms with Crippen LogP contribution in [0.15, 0.2) is 23.1 Å². The van der Waals surface area contributed by atoms with Crippen molar-refractivity contribution in [3.8, 4) is 0 Å². The van der Waals surface area contributed by atoms with E-state index in [0.717, 1.165) is 23.4 Å². The number of nitrogens with two attached hydrogens (primary N) is 1. The molecule has 1 aliphatic rings. The second-order valence-corrected chi connectivity index (χ2v) is 6.33. The summed E-state index contributed by atoms with van der Waals surface area (Å²) in [4.78, 5) is 24.3. The molecule has 1 aromatic carbocycles. The van der Waals surface area contributed by atoms with E-state index in [0.29, 0.717) is 30.3 Å². The molecule has 0 bridgehead atoms. The Balaban J connectivity index is 1.89. The summed E-state index contributed by atoms with van der Waals surface area (Å²) >= 11 is 1.51. The van der Waals surface area contributed by atoms with Crippen molar-refractivity contribution in [2.75, 3.05) is 22.9 Å². The first kappa shape index (κ1) is 15.9. The van der Waals surface area contributed by atoms with E-state index >= 15 is 0 Å². The highest BCUT2D eigenvalue weighted by atomic mass is 32.2. The lowest BCUT2D eigenvalue weighted by molar-refractivity contribution is -0.116. The lowest BCUT2D eigenvalue weighted by atomic mass is 10.0. The van der Waals surface area contributed by atoms with Gasteiger partial charge in [-0.25, -0.2) is 0 Å². The van der Waals surface area contributed by atoms with E-state index in [2.05, 4.69) is 17.6 Å². The molecule has 0 saturated heterocycles. The van der Waals surface area contributed by atoms with Crippen molar-refractivity contribution in [2.24, 2.45) is 11.7 Å². The minimum atomic E-state index is -0.00779. The highest BCUT2D eigenvalue weighted by Gasteiger charge is 2.16. The zero-order valence-electron chi connectivity index (χ0n) is 12.1. The van der Waals surface area contributed by atoms with Crippen molar-refractivity contribution in [3.63, 3.8) is 0 Å². The summed E-state index contributed by atoms with van der Waals surface area (Å²) in [6, 6.07) is 5.59. The molecule has 6 heteroatoms. The second-order valence-electron chi connectivity index (χ2n) is 5.32. The van der Waals surface area contributed by atoms with Gasteiger partial charge in [-0.3, -0.25) is 9.59 Å². The molecule has 0 aromatic heterocycles. The monoisotopic (exact) mass is 307 g/mol. The Hall–Kier alpha value is -1.53. The Morgan fingerprint density at radius 2 is 2.29 bits per heavy atom.